The fraction of sp³-hybridized carbons (Fsp3) is 0.727. The van der Waals surface area contributed by atoms with Crippen molar-refractivity contribution >= 4 is 16.5 Å². The van der Waals surface area contributed by atoms with Crippen molar-refractivity contribution in [2.24, 2.45) is 5.73 Å². The largest absolute Gasteiger partial charge is 0.347 e. The molecule has 0 aromatic carbocycles. The predicted octanol–water partition coefficient (Wildman–Crippen LogP) is 2.16. The van der Waals surface area contributed by atoms with E-state index in [1.54, 1.807) is 11.3 Å². The Morgan fingerprint density at radius 1 is 1.47 bits per heavy atom. The highest BCUT2D eigenvalue weighted by molar-refractivity contribution is 7.13. The molecule has 0 amide bonds. The third-order valence-corrected chi connectivity index (χ3v) is 4.24. The fourth-order valence-corrected chi connectivity index (χ4v) is 3.09. The maximum Gasteiger partial charge on any atom is 0.185 e. The zero-order valence-corrected chi connectivity index (χ0v) is 10.3. The lowest BCUT2D eigenvalue weighted by atomic mass is 9.90. The van der Waals surface area contributed by atoms with Crippen LogP contribution in [0.1, 0.15) is 31.4 Å². The van der Waals surface area contributed by atoms with Crippen LogP contribution in [0.3, 0.4) is 0 Å². The van der Waals surface area contributed by atoms with Crippen LogP contribution in [0.4, 0.5) is 5.13 Å². The van der Waals surface area contributed by atoms with Gasteiger partial charge in [-0.25, -0.2) is 4.98 Å². The molecule has 0 spiro atoms. The minimum Gasteiger partial charge on any atom is -0.347 e. The number of rotatable bonds is 2. The Morgan fingerprint density at radius 2 is 2.20 bits per heavy atom. The van der Waals surface area contributed by atoms with Crippen LogP contribution >= 0.6 is 11.3 Å². The van der Waals surface area contributed by atoms with E-state index >= 15 is 0 Å². The molecule has 1 aliphatic rings. The van der Waals surface area contributed by atoms with Crippen molar-refractivity contribution in [3.05, 3.63) is 11.1 Å². The Hall–Kier alpha value is -0.610. The first-order valence-electron chi connectivity index (χ1n) is 5.59. The molecule has 2 unspecified atom stereocenters. The Labute approximate surface area is 95.3 Å². The molecule has 3 nitrogen and oxygen atoms in total. The molecule has 4 heteroatoms. The molecular formula is C11H19N3S. The summed E-state index contributed by atoms with van der Waals surface area (Å²) in [5, 5.41) is 3.20. The monoisotopic (exact) mass is 225 g/mol. The van der Waals surface area contributed by atoms with Crippen molar-refractivity contribution in [2.75, 3.05) is 11.9 Å². The van der Waals surface area contributed by atoms with Gasteiger partial charge in [0.1, 0.15) is 0 Å². The summed E-state index contributed by atoms with van der Waals surface area (Å²) in [6.45, 7) is 2.04. The molecule has 1 aliphatic carbocycles. The van der Waals surface area contributed by atoms with Crippen LogP contribution in [0.15, 0.2) is 5.38 Å². The summed E-state index contributed by atoms with van der Waals surface area (Å²) in [6, 6.07) is 0.789. The van der Waals surface area contributed by atoms with Gasteiger partial charge in [-0.15, -0.1) is 11.3 Å². The predicted molar refractivity (Wildman–Crippen MR) is 65.5 cm³/mol. The Bertz CT molecular complexity index is 323. The maximum absolute atomic E-state index is 6.16. The van der Waals surface area contributed by atoms with E-state index in [1.165, 1.54) is 19.3 Å². The molecule has 2 N–H and O–H groups in total. The first kappa shape index (κ1) is 10.9. The van der Waals surface area contributed by atoms with E-state index < -0.39 is 0 Å². The summed E-state index contributed by atoms with van der Waals surface area (Å²) in [6.07, 6.45) is 4.94. The third-order valence-electron chi connectivity index (χ3n) is 3.19. The molecule has 15 heavy (non-hydrogen) atoms. The molecule has 0 radical (unpaired) electrons. The van der Waals surface area contributed by atoms with Gasteiger partial charge in [-0.05, 0) is 19.8 Å². The number of likely N-dealkylation sites (N-methyl/N-ethyl adjacent to an activating group) is 1. The molecule has 0 saturated heterocycles. The molecule has 1 fully saturated rings. The zero-order chi connectivity index (χ0) is 10.8. The van der Waals surface area contributed by atoms with E-state index in [1.807, 2.05) is 6.92 Å². The standard InChI is InChI=1S/C11H19N3S/c1-8-7-15-11(13-8)14(2)10-6-4-3-5-9(10)12/h7,9-10H,3-6,12H2,1-2H3. The van der Waals surface area contributed by atoms with Crippen LogP contribution in [-0.4, -0.2) is 24.1 Å². The van der Waals surface area contributed by atoms with Crippen molar-refractivity contribution in [3.8, 4) is 0 Å². The number of hydrogen-bond acceptors (Lipinski definition) is 4. The van der Waals surface area contributed by atoms with Gasteiger partial charge in [0.05, 0.1) is 5.69 Å². The van der Waals surface area contributed by atoms with Gasteiger partial charge in [-0.2, -0.15) is 0 Å². The van der Waals surface area contributed by atoms with Crippen molar-refractivity contribution < 1.29 is 0 Å². The van der Waals surface area contributed by atoms with Crippen molar-refractivity contribution in [1.29, 1.82) is 0 Å². The Balaban J connectivity index is 2.09. The first-order valence-corrected chi connectivity index (χ1v) is 6.47. The second-order valence-electron chi connectivity index (χ2n) is 4.40. The van der Waals surface area contributed by atoms with Crippen LogP contribution in [0.25, 0.3) is 0 Å². The van der Waals surface area contributed by atoms with E-state index in [4.69, 9.17) is 5.73 Å². The molecule has 1 aromatic heterocycles. The smallest absolute Gasteiger partial charge is 0.185 e. The van der Waals surface area contributed by atoms with Crippen LogP contribution < -0.4 is 10.6 Å². The second kappa shape index (κ2) is 4.49. The number of thiazole rings is 1. The van der Waals surface area contributed by atoms with Gasteiger partial charge in [-0.1, -0.05) is 12.8 Å². The first-order chi connectivity index (χ1) is 7.18. The minimum absolute atomic E-state index is 0.313. The van der Waals surface area contributed by atoms with E-state index in [0.717, 1.165) is 17.2 Å². The lowest BCUT2D eigenvalue weighted by Crippen LogP contribution is -2.48. The van der Waals surface area contributed by atoms with Crippen LogP contribution in [0, 0.1) is 6.92 Å². The number of aryl methyl sites for hydroxylation is 1. The van der Waals surface area contributed by atoms with Gasteiger partial charge in [0.25, 0.3) is 0 Å². The Morgan fingerprint density at radius 3 is 2.80 bits per heavy atom. The molecule has 2 atom stereocenters. The van der Waals surface area contributed by atoms with Gasteiger partial charge in [-0.3, -0.25) is 0 Å². The van der Waals surface area contributed by atoms with Crippen molar-refractivity contribution in [3.63, 3.8) is 0 Å². The molecule has 0 bridgehead atoms. The van der Waals surface area contributed by atoms with Crippen molar-refractivity contribution in [2.45, 2.75) is 44.7 Å². The van der Waals surface area contributed by atoms with Gasteiger partial charge < -0.3 is 10.6 Å². The lowest BCUT2D eigenvalue weighted by Gasteiger charge is -2.35. The molecule has 1 aromatic rings. The Kier molecular flexibility index (Phi) is 3.26. The average molecular weight is 225 g/mol. The van der Waals surface area contributed by atoms with E-state index in [9.17, 15) is 0 Å². The van der Waals surface area contributed by atoms with Crippen molar-refractivity contribution in [1.82, 2.24) is 4.98 Å². The van der Waals surface area contributed by atoms with E-state index in [0.29, 0.717) is 12.1 Å². The number of nitrogens with zero attached hydrogens (tertiary/aromatic N) is 2. The van der Waals surface area contributed by atoms with Crippen LogP contribution in [-0.2, 0) is 0 Å². The molecule has 1 saturated carbocycles. The lowest BCUT2D eigenvalue weighted by molar-refractivity contribution is 0.373. The van der Waals surface area contributed by atoms with Gasteiger partial charge in [0, 0.05) is 24.5 Å². The summed E-state index contributed by atoms with van der Waals surface area (Å²) in [5.74, 6) is 0. The highest BCUT2D eigenvalue weighted by Crippen LogP contribution is 2.27. The second-order valence-corrected chi connectivity index (χ2v) is 5.23. The zero-order valence-electron chi connectivity index (χ0n) is 9.44. The molecule has 84 valence electrons. The number of nitrogens with two attached hydrogens (primary N) is 1. The topological polar surface area (TPSA) is 42.1 Å². The molecule has 2 rings (SSSR count). The SMILES string of the molecule is Cc1csc(N(C)C2CCCCC2N)n1. The summed E-state index contributed by atoms with van der Waals surface area (Å²) in [5.41, 5.74) is 7.26. The molecular weight excluding hydrogens is 206 g/mol. The van der Waals surface area contributed by atoms with Gasteiger partial charge in [0.15, 0.2) is 5.13 Å². The molecule has 0 aliphatic heterocycles. The summed E-state index contributed by atoms with van der Waals surface area (Å²) in [4.78, 5) is 6.77. The molecule has 1 heterocycles. The summed E-state index contributed by atoms with van der Waals surface area (Å²) >= 11 is 1.71. The maximum atomic E-state index is 6.16. The fourth-order valence-electron chi connectivity index (χ4n) is 2.27. The quantitative estimate of drug-likeness (QED) is 0.838. The van der Waals surface area contributed by atoms with Crippen LogP contribution in [0.2, 0.25) is 0 Å². The van der Waals surface area contributed by atoms with E-state index in [-0.39, 0.29) is 0 Å². The van der Waals surface area contributed by atoms with Gasteiger partial charge in [0.2, 0.25) is 0 Å². The number of anilines is 1. The van der Waals surface area contributed by atoms with E-state index in [2.05, 4.69) is 22.3 Å². The average Bonchev–Trinajstić information content (AvgIpc) is 2.65. The highest BCUT2D eigenvalue weighted by atomic mass is 32.1. The van der Waals surface area contributed by atoms with Crippen LogP contribution in [0.5, 0.6) is 0 Å². The third kappa shape index (κ3) is 2.32. The minimum atomic E-state index is 0.313. The number of hydrogen-bond donors (Lipinski definition) is 1. The summed E-state index contributed by atoms with van der Waals surface area (Å²) < 4.78 is 0. The normalized spacial score (nSPS) is 26.6. The number of aromatic nitrogens is 1. The highest BCUT2D eigenvalue weighted by Gasteiger charge is 2.26. The summed E-state index contributed by atoms with van der Waals surface area (Å²) in [7, 11) is 2.12. The van der Waals surface area contributed by atoms with Gasteiger partial charge >= 0.3 is 0 Å².